The summed E-state index contributed by atoms with van der Waals surface area (Å²) in [5.74, 6) is -0.720. The van der Waals surface area contributed by atoms with E-state index in [1.54, 1.807) is 30.3 Å². The average molecular weight is 424 g/mol. The number of aromatic nitrogens is 1. The Morgan fingerprint density at radius 3 is 2.25 bits per heavy atom. The fourth-order valence-electron chi connectivity index (χ4n) is 3.68. The van der Waals surface area contributed by atoms with E-state index in [4.69, 9.17) is 9.72 Å². The molecule has 160 valence electrons. The third-order valence-electron chi connectivity index (χ3n) is 5.50. The normalized spacial score (nSPS) is 11.8. The molecule has 0 saturated carbocycles. The lowest BCUT2D eigenvalue weighted by atomic mass is 10.0. The first-order valence-electron chi connectivity index (χ1n) is 10.7. The number of hydrogen-bond donors (Lipinski definition) is 0. The minimum Gasteiger partial charge on any atom is -0.450 e. The smallest absolute Gasteiger partial charge is 0.339 e. The molecular formula is C28H25NO3. The van der Waals surface area contributed by atoms with E-state index in [-0.39, 0.29) is 5.78 Å². The summed E-state index contributed by atoms with van der Waals surface area (Å²) in [6.07, 6.45) is -0.451. The van der Waals surface area contributed by atoms with Gasteiger partial charge in [-0.2, -0.15) is 0 Å². The number of Topliss-reactive ketones (excluding diaryl/α,β-unsaturated/α-hetero) is 1. The molecule has 32 heavy (non-hydrogen) atoms. The van der Waals surface area contributed by atoms with Gasteiger partial charge in [-0.3, -0.25) is 4.79 Å². The summed E-state index contributed by atoms with van der Waals surface area (Å²) in [5, 5.41) is 0.716. The van der Waals surface area contributed by atoms with Gasteiger partial charge in [0.1, 0.15) is 0 Å². The largest absolute Gasteiger partial charge is 0.450 e. The van der Waals surface area contributed by atoms with E-state index < -0.39 is 12.1 Å². The molecule has 0 fully saturated rings. The summed E-state index contributed by atoms with van der Waals surface area (Å²) in [4.78, 5) is 31.0. The summed E-state index contributed by atoms with van der Waals surface area (Å²) in [6.45, 7) is 5.83. The molecule has 0 aliphatic rings. The summed E-state index contributed by atoms with van der Waals surface area (Å²) in [6, 6.07) is 24.5. The Kier molecular flexibility index (Phi) is 6.13. The van der Waals surface area contributed by atoms with E-state index in [1.807, 2.05) is 69.3 Å². The van der Waals surface area contributed by atoms with E-state index in [0.29, 0.717) is 34.1 Å². The molecule has 1 atom stereocenters. The molecule has 4 rings (SSSR count). The van der Waals surface area contributed by atoms with Gasteiger partial charge in [-0.15, -0.1) is 0 Å². The number of ketones is 1. The van der Waals surface area contributed by atoms with Gasteiger partial charge < -0.3 is 4.74 Å². The highest BCUT2D eigenvalue weighted by Gasteiger charge is 2.25. The van der Waals surface area contributed by atoms with Gasteiger partial charge in [-0.05, 0) is 38.5 Å². The first kappa shape index (κ1) is 21.4. The van der Waals surface area contributed by atoms with Crippen LogP contribution in [0.25, 0.3) is 22.2 Å². The Labute approximate surface area is 187 Å². The highest BCUT2D eigenvalue weighted by atomic mass is 16.5. The van der Waals surface area contributed by atoms with Crippen molar-refractivity contribution in [2.75, 3.05) is 0 Å². The molecule has 0 radical (unpaired) electrons. The second-order valence-corrected chi connectivity index (χ2v) is 7.97. The predicted molar refractivity (Wildman–Crippen MR) is 127 cm³/mol. The van der Waals surface area contributed by atoms with Crippen LogP contribution in [0.5, 0.6) is 0 Å². The predicted octanol–water partition coefficient (Wildman–Crippen LogP) is 6.34. The van der Waals surface area contributed by atoms with Crippen molar-refractivity contribution in [2.45, 2.75) is 33.3 Å². The molecule has 1 aromatic heterocycles. The van der Waals surface area contributed by atoms with Crippen LogP contribution in [0.3, 0.4) is 0 Å². The molecule has 4 heteroatoms. The fraction of sp³-hybridized carbons (Fsp3) is 0.179. The molecule has 1 heterocycles. The number of carbonyl (C=O) groups is 2. The Morgan fingerprint density at radius 2 is 1.56 bits per heavy atom. The molecule has 3 aromatic carbocycles. The van der Waals surface area contributed by atoms with Crippen LogP contribution in [-0.4, -0.2) is 22.8 Å². The number of benzene rings is 3. The van der Waals surface area contributed by atoms with E-state index in [1.165, 1.54) is 0 Å². The third-order valence-corrected chi connectivity index (χ3v) is 5.50. The first-order valence-corrected chi connectivity index (χ1v) is 10.7. The van der Waals surface area contributed by atoms with Crippen molar-refractivity contribution >= 4 is 22.7 Å². The molecule has 0 spiro atoms. The van der Waals surface area contributed by atoms with Crippen LogP contribution in [0, 0.1) is 13.8 Å². The molecule has 0 aliphatic heterocycles. The molecule has 0 aliphatic carbocycles. The van der Waals surface area contributed by atoms with Crippen LogP contribution < -0.4 is 0 Å². The zero-order chi connectivity index (χ0) is 22.7. The van der Waals surface area contributed by atoms with E-state index in [0.717, 1.165) is 16.7 Å². The van der Waals surface area contributed by atoms with Gasteiger partial charge in [-0.25, -0.2) is 9.78 Å². The Balaban J connectivity index is 1.74. The molecule has 0 saturated heterocycles. The van der Waals surface area contributed by atoms with Crippen LogP contribution in [-0.2, 0) is 4.74 Å². The quantitative estimate of drug-likeness (QED) is 0.268. The number of aryl methyl sites for hydroxylation is 2. The number of hydrogen-bond acceptors (Lipinski definition) is 4. The zero-order valence-corrected chi connectivity index (χ0v) is 18.5. The lowest BCUT2D eigenvalue weighted by Crippen LogP contribution is -2.27. The van der Waals surface area contributed by atoms with Crippen LogP contribution in [0.4, 0.5) is 0 Å². The van der Waals surface area contributed by atoms with Crippen LogP contribution in [0.15, 0.2) is 78.9 Å². The van der Waals surface area contributed by atoms with Gasteiger partial charge in [0.25, 0.3) is 0 Å². The number of rotatable bonds is 6. The number of esters is 1. The molecular weight excluding hydrogens is 398 g/mol. The van der Waals surface area contributed by atoms with Crippen molar-refractivity contribution in [1.82, 2.24) is 4.98 Å². The number of carbonyl (C=O) groups excluding carboxylic acids is 2. The average Bonchev–Trinajstić information content (AvgIpc) is 2.82. The van der Waals surface area contributed by atoms with Crippen molar-refractivity contribution in [3.63, 3.8) is 0 Å². The molecule has 0 amide bonds. The number of nitrogens with zero attached hydrogens (tertiary/aromatic N) is 1. The van der Waals surface area contributed by atoms with Crippen LogP contribution >= 0.6 is 0 Å². The van der Waals surface area contributed by atoms with Gasteiger partial charge in [0.05, 0.1) is 16.8 Å². The maximum absolute atomic E-state index is 13.3. The Hall–Kier alpha value is -3.79. The monoisotopic (exact) mass is 423 g/mol. The zero-order valence-electron chi connectivity index (χ0n) is 18.5. The van der Waals surface area contributed by atoms with Crippen molar-refractivity contribution in [1.29, 1.82) is 0 Å². The van der Waals surface area contributed by atoms with Gasteiger partial charge in [-0.1, -0.05) is 78.7 Å². The highest BCUT2D eigenvalue weighted by molar-refractivity contribution is 6.07. The fourth-order valence-corrected chi connectivity index (χ4v) is 3.68. The maximum atomic E-state index is 13.3. The summed E-state index contributed by atoms with van der Waals surface area (Å²) >= 11 is 0. The number of pyridine rings is 1. The van der Waals surface area contributed by atoms with Gasteiger partial charge in [0.2, 0.25) is 5.78 Å². The molecule has 0 bridgehead atoms. The first-order chi connectivity index (χ1) is 15.5. The minimum atomic E-state index is -0.847. The molecule has 1 unspecified atom stereocenters. The maximum Gasteiger partial charge on any atom is 0.339 e. The van der Waals surface area contributed by atoms with Crippen molar-refractivity contribution in [2.24, 2.45) is 0 Å². The second-order valence-electron chi connectivity index (χ2n) is 7.97. The van der Waals surface area contributed by atoms with Gasteiger partial charge >= 0.3 is 5.97 Å². The summed E-state index contributed by atoms with van der Waals surface area (Å²) in [5.41, 5.74) is 5.42. The van der Waals surface area contributed by atoms with Crippen molar-refractivity contribution < 1.29 is 14.3 Å². The number of fused-ring (bicyclic) bond motifs is 1. The van der Waals surface area contributed by atoms with Gasteiger partial charge in [0, 0.05) is 16.5 Å². The summed E-state index contributed by atoms with van der Waals surface area (Å²) < 4.78 is 5.74. The van der Waals surface area contributed by atoms with Crippen LogP contribution in [0.1, 0.15) is 45.2 Å². The van der Waals surface area contributed by atoms with Crippen LogP contribution in [0.2, 0.25) is 0 Å². The Bertz CT molecular complexity index is 1280. The SMILES string of the molecule is CCC(OC(=O)c1cc(-c2ccc(C)cc2)nc2ccc(C)cc12)C(=O)c1ccccc1. The van der Waals surface area contributed by atoms with E-state index >= 15 is 0 Å². The van der Waals surface area contributed by atoms with Gasteiger partial charge in [0.15, 0.2) is 6.10 Å². The van der Waals surface area contributed by atoms with E-state index in [2.05, 4.69) is 0 Å². The summed E-state index contributed by atoms with van der Waals surface area (Å²) in [7, 11) is 0. The van der Waals surface area contributed by atoms with Crippen molar-refractivity contribution in [3.8, 4) is 11.3 Å². The second kappa shape index (κ2) is 9.15. The van der Waals surface area contributed by atoms with E-state index in [9.17, 15) is 9.59 Å². The molecule has 4 aromatic rings. The highest BCUT2D eigenvalue weighted by Crippen LogP contribution is 2.27. The minimum absolute atomic E-state index is 0.199. The number of ether oxygens (including phenoxy) is 1. The lowest BCUT2D eigenvalue weighted by Gasteiger charge is -2.17. The third kappa shape index (κ3) is 4.45. The Morgan fingerprint density at radius 1 is 0.875 bits per heavy atom. The van der Waals surface area contributed by atoms with Crippen molar-refractivity contribution in [3.05, 3.63) is 101 Å². The topological polar surface area (TPSA) is 56.3 Å². The molecule has 4 nitrogen and oxygen atoms in total. The standard InChI is InChI=1S/C28H25NO3/c1-4-26(27(30)21-8-6-5-7-9-21)32-28(31)23-17-25(20-13-10-18(2)11-14-20)29-24-15-12-19(3)16-22(23)24/h5-17,26H,4H2,1-3H3. The molecule has 0 N–H and O–H groups in total. The lowest BCUT2D eigenvalue weighted by molar-refractivity contribution is 0.0279.